The van der Waals surface area contributed by atoms with Gasteiger partial charge in [0.2, 0.25) is 0 Å². The minimum atomic E-state index is -3.14. The van der Waals surface area contributed by atoms with E-state index in [0.717, 1.165) is 22.3 Å². The van der Waals surface area contributed by atoms with E-state index in [1.807, 2.05) is 0 Å². The molecule has 0 spiro atoms. The number of hydrogen-bond acceptors (Lipinski definition) is 6. The first-order valence-electron chi connectivity index (χ1n) is 7.90. The molecule has 0 saturated carbocycles. The van der Waals surface area contributed by atoms with Crippen molar-refractivity contribution in [2.45, 2.75) is 6.42 Å². The molecule has 0 saturated heterocycles. The average Bonchev–Trinajstić information content (AvgIpc) is 2.90. The van der Waals surface area contributed by atoms with Crippen LogP contribution >= 0.6 is 11.3 Å². The van der Waals surface area contributed by atoms with Crippen LogP contribution in [0.5, 0.6) is 5.75 Å². The molecular formula is C17H18N2O5S2. The second kappa shape index (κ2) is 7.08. The molecule has 1 aliphatic rings. The Labute approximate surface area is 155 Å². The molecule has 0 radical (unpaired) electrons. The van der Waals surface area contributed by atoms with Gasteiger partial charge in [0.25, 0.3) is 11.8 Å². The Hall–Kier alpha value is -2.39. The molecule has 0 atom stereocenters. The smallest absolute Gasteiger partial charge is 0.258 e. The molecule has 0 unspecified atom stereocenters. The molecule has 0 fully saturated rings. The summed E-state index contributed by atoms with van der Waals surface area (Å²) in [5, 5.41) is 2.58. The van der Waals surface area contributed by atoms with Gasteiger partial charge in [0.15, 0.2) is 0 Å². The first kappa shape index (κ1) is 18.4. The van der Waals surface area contributed by atoms with E-state index >= 15 is 0 Å². The summed E-state index contributed by atoms with van der Waals surface area (Å²) in [6.07, 6.45) is 1.76. The van der Waals surface area contributed by atoms with E-state index in [0.29, 0.717) is 29.2 Å². The number of nitrogens with one attached hydrogen (secondary N) is 1. The van der Waals surface area contributed by atoms with Crippen molar-refractivity contribution in [3.63, 3.8) is 0 Å². The zero-order chi connectivity index (χ0) is 18.9. The van der Waals surface area contributed by atoms with Gasteiger partial charge in [0, 0.05) is 35.2 Å². The maximum Gasteiger partial charge on any atom is 0.258 e. The predicted octanol–water partition coefficient (Wildman–Crippen LogP) is 1.22. The Morgan fingerprint density at radius 1 is 1.31 bits per heavy atom. The molecule has 2 aromatic rings. The first-order chi connectivity index (χ1) is 12.2. The number of amides is 2. The molecule has 1 aliphatic heterocycles. The Bertz CT molecular complexity index is 979. The number of carbonyl (C=O) groups is 2. The van der Waals surface area contributed by atoms with Gasteiger partial charge < -0.3 is 15.8 Å². The van der Waals surface area contributed by atoms with E-state index in [1.165, 1.54) is 11.3 Å². The summed E-state index contributed by atoms with van der Waals surface area (Å²) in [6.45, 7) is 0.473. The molecule has 0 bridgehead atoms. The van der Waals surface area contributed by atoms with E-state index in [-0.39, 0.29) is 18.2 Å². The number of fused-ring (bicyclic) bond motifs is 3. The van der Waals surface area contributed by atoms with E-state index in [9.17, 15) is 18.0 Å². The van der Waals surface area contributed by atoms with Crippen molar-refractivity contribution in [2.75, 3.05) is 25.2 Å². The number of thiophene rings is 1. The fraction of sp³-hybridized carbons (Fsp3) is 0.294. The van der Waals surface area contributed by atoms with Crippen LogP contribution in [0.25, 0.3) is 10.4 Å². The maximum atomic E-state index is 12.2. The lowest BCUT2D eigenvalue weighted by molar-refractivity contribution is 0.0954. The molecule has 9 heteroatoms. The standard InChI is InChI=1S/C17H18N2O5S2/c1-26(22,23)7-5-19-17(21)11-2-3-12-13(8-11)24-6-4-10-9-14(16(18)20)25-15(10)12/h2-3,8-9H,4-7H2,1H3,(H2,18,20)(H,19,21). The van der Waals surface area contributed by atoms with Crippen molar-refractivity contribution in [2.24, 2.45) is 5.73 Å². The third-order valence-electron chi connectivity index (χ3n) is 3.93. The second-order valence-corrected chi connectivity index (χ2v) is 9.34. The summed E-state index contributed by atoms with van der Waals surface area (Å²) >= 11 is 1.31. The molecular weight excluding hydrogens is 376 g/mol. The summed E-state index contributed by atoms with van der Waals surface area (Å²) in [4.78, 5) is 25.1. The number of rotatable bonds is 5. The number of sulfone groups is 1. The maximum absolute atomic E-state index is 12.2. The minimum Gasteiger partial charge on any atom is -0.493 e. The van der Waals surface area contributed by atoms with E-state index in [1.54, 1.807) is 24.3 Å². The minimum absolute atomic E-state index is 0.0483. The van der Waals surface area contributed by atoms with Crippen LogP contribution in [0, 0.1) is 0 Å². The van der Waals surface area contributed by atoms with Crippen LogP contribution in [0.2, 0.25) is 0 Å². The zero-order valence-corrected chi connectivity index (χ0v) is 15.7. The topological polar surface area (TPSA) is 116 Å². The van der Waals surface area contributed by atoms with E-state index < -0.39 is 15.7 Å². The molecule has 7 nitrogen and oxygen atoms in total. The number of hydrogen-bond donors (Lipinski definition) is 2. The Kier molecular flexibility index (Phi) is 5.01. The zero-order valence-electron chi connectivity index (χ0n) is 14.1. The van der Waals surface area contributed by atoms with Gasteiger partial charge in [0.05, 0.1) is 17.2 Å². The normalized spacial score (nSPS) is 13.1. The summed E-state index contributed by atoms with van der Waals surface area (Å²) in [5.41, 5.74) is 7.55. The van der Waals surface area contributed by atoms with E-state index in [4.69, 9.17) is 10.5 Å². The lowest BCUT2D eigenvalue weighted by Crippen LogP contribution is -2.28. The lowest BCUT2D eigenvalue weighted by Gasteiger charge is -2.10. The monoisotopic (exact) mass is 394 g/mol. The number of benzene rings is 1. The largest absolute Gasteiger partial charge is 0.493 e. The quantitative estimate of drug-likeness (QED) is 0.791. The predicted molar refractivity (Wildman–Crippen MR) is 99.5 cm³/mol. The van der Waals surface area contributed by atoms with Crippen molar-refractivity contribution in [3.8, 4) is 16.2 Å². The SMILES string of the molecule is CS(=O)(=O)CCNC(=O)c1ccc2c(c1)OCCc1cc(C(N)=O)sc1-2. The van der Waals surface area contributed by atoms with Gasteiger partial charge >= 0.3 is 0 Å². The molecule has 2 amide bonds. The summed E-state index contributed by atoms with van der Waals surface area (Å²) in [7, 11) is -3.14. The van der Waals surface area contributed by atoms with Gasteiger partial charge in [-0.15, -0.1) is 11.3 Å². The molecule has 0 aliphatic carbocycles. The van der Waals surface area contributed by atoms with Crippen LogP contribution < -0.4 is 15.8 Å². The highest BCUT2D eigenvalue weighted by atomic mass is 32.2. The molecule has 1 aromatic carbocycles. The molecule has 1 aromatic heterocycles. The highest BCUT2D eigenvalue weighted by Gasteiger charge is 2.21. The average molecular weight is 394 g/mol. The van der Waals surface area contributed by atoms with Crippen molar-refractivity contribution in [1.29, 1.82) is 0 Å². The van der Waals surface area contributed by atoms with Crippen LogP contribution in [0.4, 0.5) is 0 Å². The van der Waals surface area contributed by atoms with Crippen LogP contribution in [0.3, 0.4) is 0 Å². The van der Waals surface area contributed by atoms with Gasteiger partial charge in [0.1, 0.15) is 15.6 Å². The van der Waals surface area contributed by atoms with Crippen LogP contribution in [-0.2, 0) is 16.3 Å². The third kappa shape index (κ3) is 4.05. The highest BCUT2D eigenvalue weighted by Crippen LogP contribution is 2.41. The van der Waals surface area contributed by atoms with Gasteiger partial charge in [-0.2, -0.15) is 0 Å². The van der Waals surface area contributed by atoms with Crippen molar-refractivity contribution >= 4 is 33.0 Å². The molecule has 26 heavy (non-hydrogen) atoms. The lowest BCUT2D eigenvalue weighted by atomic mass is 10.1. The van der Waals surface area contributed by atoms with Crippen LogP contribution in [0.15, 0.2) is 24.3 Å². The second-order valence-electron chi connectivity index (χ2n) is 6.02. The van der Waals surface area contributed by atoms with Gasteiger partial charge in [-0.25, -0.2) is 8.42 Å². The number of nitrogens with two attached hydrogens (primary N) is 1. The van der Waals surface area contributed by atoms with Crippen molar-refractivity contribution < 1.29 is 22.7 Å². The van der Waals surface area contributed by atoms with E-state index in [2.05, 4.69) is 5.32 Å². The molecule has 3 rings (SSSR count). The van der Waals surface area contributed by atoms with Crippen LogP contribution in [0.1, 0.15) is 25.6 Å². The Morgan fingerprint density at radius 2 is 2.08 bits per heavy atom. The van der Waals surface area contributed by atoms with Gasteiger partial charge in [-0.05, 0) is 29.8 Å². The summed E-state index contributed by atoms with van der Waals surface area (Å²) in [5.74, 6) is -0.396. The summed E-state index contributed by atoms with van der Waals surface area (Å²) in [6, 6.07) is 6.83. The number of carbonyl (C=O) groups excluding carboxylic acids is 2. The Morgan fingerprint density at radius 3 is 2.77 bits per heavy atom. The van der Waals surface area contributed by atoms with Crippen molar-refractivity contribution in [3.05, 3.63) is 40.3 Å². The molecule has 3 N–H and O–H groups in total. The number of ether oxygens (including phenoxy) is 1. The fourth-order valence-corrected chi connectivity index (χ4v) is 4.22. The molecule has 2 heterocycles. The fourth-order valence-electron chi connectivity index (χ4n) is 2.66. The first-order valence-corrected chi connectivity index (χ1v) is 10.8. The number of primary amides is 1. The summed E-state index contributed by atoms with van der Waals surface area (Å²) < 4.78 is 28.0. The van der Waals surface area contributed by atoms with Gasteiger partial charge in [-0.1, -0.05) is 0 Å². The molecule has 138 valence electrons. The van der Waals surface area contributed by atoms with Crippen molar-refractivity contribution in [1.82, 2.24) is 5.32 Å². The van der Waals surface area contributed by atoms with Gasteiger partial charge in [-0.3, -0.25) is 9.59 Å². The van der Waals surface area contributed by atoms with Crippen LogP contribution in [-0.4, -0.2) is 45.4 Å². The third-order valence-corrected chi connectivity index (χ3v) is 6.10. The Balaban J connectivity index is 1.85. The highest BCUT2D eigenvalue weighted by molar-refractivity contribution is 7.90.